The van der Waals surface area contributed by atoms with Gasteiger partial charge in [0.2, 0.25) is 0 Å². The number of benzene rings is 1. The molecule has 30 heavy (non-hydrogen) atoms. The van der Waals surface area contributed by atoms with Crippen molar-refractivity contribution in [3.05, 3.63) is 62.9 Å². The monoisotopic (exact) mass is 471 g/mol. The number of halogens is 1. The van der Waals surface area contributed by atoms with Crippen LogP contribution in [-0.4, -0.2) is 52.7 Å². The van der Waals surface area contributed by atoms with E-state index in [-0.39, 0.29) is 12.1 Å². The summed E-state index contributed by atoms with van der Waals surface area (Å²) < 4.78 is 6.59. The highest BCUT2D eigenvalue weighted by Crippen LogP contribution is 2.37. The van der Waals surface area contributed by atoms with Gasteiger partial charge in [-0.2, -0.15) is 0 Å². The summed E-state index contributed by atoms with van der Waals surface area (Å²) in [4.78, 5) is 21.7. The van der Waals surface area contributed by atoms with Gasteiger partial charge in [-0.1, -0.05) is 23.8 Å². The first-order valence-electron chi connectivity index (χ1n) is 10.7. The van der Waals surface area contributed by atoms with E-state index in [2.05, 4.69) is 52.0 Å². The van der Waals surface area contributed by atoms with Gasteiger partial charge in [-0.05, 0) is 79.2 Å². The molecule has 1 amide bonds. The van der Waals surface area contributed by atoms with Crippen LogP contribution in [0.2, 0.25) is 0 Å². The summed E-state index contributed by atoms with van der Waals surface area (Å²) in [7, 11) is 0. The molecule has 0 saturated carbocycles. The minimum atomic E-state index is -0.470. The first kappa shape index (κ1) is 21.3. The summed E-state index contributed by atoms with van der Waals surface area (Å²) in [5.41, 5.74) is 6.03. The quantitative estimate of drug-likeness (QED) is 0.593. The number of rotatable bonds is 1. The van der Waals surface area contributed by atoms with Gasteiger partial charge in [-0.25, -0.2) is 4.79 Å². The van der Waals surface area contributed by atoms with Crippen molar-refractivity contribution in [2.24, 2.45) is 0 Å². The van der Waals surface area contributed by atoms with E-state index >= 15 is 0 Å². The Bertz CT molecular complexity index is 892. The number of hydrogen-bond donors (Lipinski definition) is 0. The average Bonchev–Trinajstić information content (AvgIpc) is 2.83. The highest BCUT2D eigenvalue weighted by Gasteiger charge is 2.34. The van der Waals surface area contributed by atoms with Gasteiger partial charge in [0.15, 0.2) is 0 Å². The van der Waals surface area contributed by atoms with Crippen molar-refractivity contribution in [2.45, 2.75) is 52.2 Å². The molecule has 1 aromatic heterocycles. The molecule has 1 aliphatic carbocycles. The molecular formula is C24H30BrN3O2. The molecule has 1 saturated heterocycles. The summed E-state index contributed by atoms with van der Waals surface area (Å²) in [5.74, 6) is 0. The third-order valence-electron chi connectivity index (χ3n) is 5.81. The number of pyridine rings is 1. The van der Waals surface area contributed by atoms with Crippen LogP contribution in [0.4, 0.5) is 4.79 Å². The number of hydrogen-bond acceptors (Lipinski definition) is 4. The minimum Gasteiger partial charge on any atom is -0.444 e. The van der Waals surface area contributed by atoms with Crippen LogP contribution in [0, 0.1) is 6.92 Å². The fourth-order valence-electron chi connectivity index (χ4n) is 4.43. The molecule has 1 atom stereocenters. The lowest BCUT2D eigenvalue weighted by Gasteiger charge is -2.40. The second kappa shape index (κ2) is 8.31. The molecule has 5 nitrogen and oxygen atoms in total. The van der Waals surface area contributed by atoms with Crippen molar-refractivity contribution in [1.82, 2.24) is 14.8 Å². The zero-order valence-electron chi connectivity index (χ0n) is 18.2. The fraction of sp³-hybridized carbons (Fsp3) is 0.500. The fourth-order valence-corrected chi connectivity index (χ4v) is 4.81. The van der Waals surface area contributed by atoms with E-state index in [1.165, 1.54) is 22.3 Å². The topological polar surface area (TPSA) is 45.7 Å². The van der Waals surface area contributed by atoms with E-state index in [4.69, 9.17) is 9.72 Å². The highest BCUT2D eigenvalue weighted by molar-refractivity contribution is 9.10. The number of nitrogens with zero attached hydrogens (tertiary/aromatic N) is 3. The van der Waals surface area contributed by atoms with Gasteiger partial charge in [0.05, 0.1) is 11.7 Å². The molecule has 2 aromatic rings. The van der Waals surface area contributed by atoms with E-state index in [1.54, 1.807) is 0 Å². The normalized spacial score (nSPS) is 19.6. The molecule has 0 spiro atoms. The van der Waals surface area contributed by atoms with Crippen LogP contribution in [0.5, 0.6) is 0 Å². The number of carbonyl (C=O) groups is 1. The Balaban J connectivity index is 1.62. The van der Waals surface area contributed by atoms with Gasteiger partial charge < -0.3 is 9.64 Å². The van der Waals surface area contributed by atoms with Crippen molar-refractivity contribution in [3.63, 3.8) is 0 Å². The molecule has 1 fully saturated rings. The van der Waals surface area contributed by atoms with Crippen LogP contribution in [0.1, 0.15) is 54.8 Å². The minimum absolute atomic E-state index is 0.118. The molecule has 1 aromatic carbocycles. The van der Waals surface area contributed by atoms with E-state index < -0.39 is 5.60 Å². The summed E-state index contributed by atoms with van der Waals surface area (Å²) in [6.07, 6.45) is 3.70. The molecule has 2 heterocycles. The van der Waals surface area contributed by atoms with Crippen molar-refractivity contribution in [3.8, 4) is 0 Å². The second-order valence-electron chi connectivity index (χ2n) is 9.31. The van der Waals surface area contributed by atoms with Crippen LogP contribution in [0.15, 0.2) is 34.9 Å². The maximum Gasteiger partial charge on any atom is 0.410 e. The molecule has 4 rings (SSSR count). The molecule has 1 aliphatic heterocycles. The smallest absolute Gasteiger partial charge is 0.410 e. The maximum atomic E-state index is 12.5. The number of aryl methyl sites for hydroxylation is 3. The molecule has 2 aliphatic rings. The number of piperazine rings is 1. The average molecular weight is 472 g/mol. The number of carbonyl (C=O) groups excluding carboxylic acids is 1. The van der Waals surface area contributed by atoms with Crippen molar-refractivity contribution >= 4 is 22.0 Å². The van der Waals surface area contributed by atoms with Crippen molar-refractivity contribution in [1.29, 1.82) is 0 Å². The first-order valence-corrected chi connectivity index (χ1v) is 11.5. The summed E-state index contributed by atoms with van der Waals surface area (Å²) >= 11 is 3.59. The van der Waals surface area contributed by atoms with Crippen LogP contribution in [0.3, 0.4) is 0 Å². The van der Waals surface area contributed by atoms with Crippen LogP contribution < -0.4 is 0 Å². The first-order chi connectivity index (χ1) is 14.2. The summed E-state index contributed by atoms with van der Waals surface area (Å²) in [5, 5.41) is 0. The Morgan fingerprint density at radius 1 is 1.10 bits per heavy atom. The number of fused-ring (bicyclic) bond motifs is 2. The molecule has 160 valence electrons. The Hall–Kier alpha value is -1.92. The Morgan fingerprint density at radius 2 is 1.80 bits per heavy atom. The van der Waals surface area contributed by atoms with E-state index in [1.807, 2.05) is 31.9 Å². The number of ether oxygens (including phenoxy) is 1. The van der Waals surface area contributed by atoms with Crippen LogP contribution in [-0.2, 0) is 17.6 Å². The van der Waals surface area contributed by atoms with Gasteiger partial charge in [0.25, 0.3) is 0 Å². The van der Waals surface area contributed by atoms with Crippen LogP contribution >= 0.6 is 15.9 Å². The number of aromatic nitrogens is 1. The zero-order chi connectivity index (χ0) is 21.5. The van der Waals surface area contributed by atoms with Crippen molar-refractivity contribution in [2.75, 3.05) is 26.2 Å². The van der Waals surface area contributed by atoms with E-state index in [9.17, 15) is 4.79 Å². The summed E-state index contributed by atoms with van der Waals surface area (Å²) in [6, 6.07) is 9.12. The predicted octanol–water partition coefficient (Wildman–Crippen LogP) is 4.89. The van der Waals surface area contributed by atoms with Gasteiger partial charge in [-0.3, -0.25) is 9.88 Å². The maximum absolute atomic E-state index is 12.5. The summed E-state index contributed by atoms with van der Waals surface area (Å²) in [6.45, 7) is 10.8. The molecular weight excluding hydrogens is 442 g/mol. The number of amides is 1. The highest BCUT2D eigenvalue weighted by atomic mass is 79.9. The molecule has 0 radical (unpaired) electrons. The van der Waals surface area contributed by atoms with Gasteiger partial charge in [-0.15, -0.1) is 0 Å². The molecule has 0 bridgehead atoms. The van der Waals surface area contributed by atoms with Crippen LogP contribution in [0.25, 0.3) is 0 Å². The second-order valence-corrected chi connectivity index (χ2v) is 10.2. The van der Waals surface area contributed by atoms with Gasteiger partial charge >= 0.3 is 6.09 Å². The predicted molar refractivity (Wildman–Crippen MR) is 122 cm³/mol. The SMILES string of the molecule is Cc1ccc2c(c1)CCc1cc(Br)cnc1[C@@H]2N1CCN(C(=O)OC(C)(C)C)CC1. The lowest BCUT2D eigenvalue weighted by molar-refractivity contribution is 0.0117. The standard InChI is InChI=1S/C24H30BrN3O2/c1-16-5-8-20-17(13-16)6-7-18-14-19(25)15-26-21(18)22(20)27-9-11-28(12-10-27)23(29)30-24(2,3)4/h5,8,13-15,22H,6-7,9-12H2,1-4H3/t22-/m1/s1. The Labute approximate surface area is 187 Å². The lowest BCUT2D eigenvalue weighted by Crippen LogP contribution is -2.51. The third-order valence-corrected chi connectivity index (χ3v) is 6.25. The van der Waals surface area contributed by atoms with Gasteiger partial charge in [0.1, 0.15) is 5.60 Å². The van der Waals surface area contributed by atoms with E-state index in [0.717, 1.165) is 36.1 Å². The van der Waals surface area contributed by atoms with E-state index in [0.29, 0.717) is 13.1 Å². The zero-order valence-corrected chi connectivity index (χ0v) is 19.8. The molecule has 0 unspecified atom stereocenters. The largest absolute Gasteiger partial charge is 0.444 e. The lowest BCUT2D eigenvalue weighted by atomic mass is 9.94. The molecule has 6 heteroatoms. The Morgan fingerprint density at radius 3 is 2.50 bits per heavy atom. The molecule has 0 N–H and O–H groups in total. The van der Waals surface area contributed by atoms with Gasteiger partial charge in [0, 0.05) is 36.8 Å². The third kappa shape index (κ3) is 4.54. The van der Waals surface area contributed by atoms with Crippen molar-refractivity contribution < 1.29 is 9.53 Å². The Kier molecular flexibility index (Phi) is 5.90.